The number of aliphatic hydroxyl groups is 1. The summed E-state index contributed by atoms with van der Waals surface area (Å²) < 4.78 is 0. The predicted octanol–water partition coefficient (Wildman–Crippen LogP) is 2.28. The van der Waals surface area contributed by atoms with Crippen molar-refractivity contribution < 1.29 is 14.8 Å². The lowest BCUT2D eigenvalue weighted by molar-refractivity contribution is -0.385. The van der Waals surface area contributed by atoms with Gasteiger partial charge in [-0.15, -0.1) is 0 Å². The molecular formula is C15H20N2O4. The molecule has 0 radical (unpaired) electrons. The maximum absolute atomic E-state index is 12.7. The van der Waals surface area contributed by atoms with Gasteiger partial charge < -0.3 is 10.0 Å². The molecule has 2 rings (SSSR count). The van der Waals surface area contributed by atoms with Gasteiger partial charge in [-0.2, -0.15) is 0 Å². The molecule has 1 heterocycles. The summed E-state index contributed by atoms with van der Waals surface area (Å²) in [5.41, 5.74) is 0.672. The number of benzene rings is 1. The van der Waals surface area contributed by atoms with Gasteiger partial charge in [0.1, 0.15) is 0 Å². The van der Waals surface area contributed by atoms with Crippen LogP contribution < -0.4 is 0 Å². The molecule has 2 unspecified atom stereocenters. The lowest BCUT2D eigenvalue weighted by atomic mass is 9.96. The van der Waals surface area contributed by atoms with Gasteiger partial charge >= 0.3 is 0 Å². The van der Waals surface area contributed by atoms with E-state index in [2.05, 4.69) is 0 Å². The highest BCUT2D eigenvalue weighted by Gasteiger charge is 2.32. The van der Waals surface area contributed by atoms with Gasteiger partial charge in [-0.25, -0.2) is 0 Å². The maximum atomic E-state index is 12.7. The summed E-state index contributed by atoms with van der Waals surface area (Å²) >= 11 is 0. The van der Waals surface area contributed by atoms with Gasteiger partial charge in [0.25, 0.3) is 11.6 Å². The highest BCUT2D eigenvalue weighted by atomic mass is 16.6. The number of carbonyl (C=O) groups excluding carboxylic acids is 1. The van der Waals surface area contributed by atoms with Crippen LogP contribution in [0.2, 0.25) is 0 Å². The Hall–Kier alpha value is -1.95. The number of rotatable bonds is 3. The molecule has 1 saturated heterocycles. The van der Waals surface area contributed by atoms with Crippen LogP contribution in [-0.4, -0.2) is 39.5 Å². The highest BCUT2D eigenvalue weighted by Crippen LogP contribution is 2.26. The molecule has 1 aliphatic heterocycles. The van der Waals surface area contributed by atoms with E-state index in [0.717, 1.165) is 19.3 Å². The van der Waals surface area contributed by atoms with Gasteiger partial charge in [0.2, 0.25) is 0 Å². The van der Waals surface area contributed by atoms with E-state index in [1.54, 1.807) is 24.8 Å². The topological polar surface area (TPSA) is 83.7 Å². The summed E-state index contributed by atoms with van der Waals surface area (Å²) in [6.07, 6.45) is 2.03. The van der Waals surface area contributed by atoms with Crippen molar-refractivity contribution in [1.82, 2.24) is 4.90 Å². The van der Waals surface area contributed by atoms with Crippen molar-refractivity contribution in [2.24, 2.45) is 0 Å². The second-order valence-corrected chi connectivity index (χ2v) is 5.51. The third-order valence-corrected chi connectivity index (χ3v) is 4.10. The van der Waals surface area contributed by atoms with Crippen LogP contribution in [0.25, 0.3) is 0 Å². The third kappa shape index (κ3) is 3.05. The van der Waals surface area contributed by atoms with Crippen LogP contribution in [0.5, 0.6) is 0 Å². The van der Waals surface area contributed by atoms with Crippen molar-refractivity contribution in [3.63, 3.8) is 0 Å². The number of nitro benzene ring substituents is 1. The van der Waals surface area contributed by atoms with E-state index in [1.165, 1.54) is 12.1 Å². The van der Waals surface area contributed by atoms with Crippen molar-refractivity contribution in [3.05, 3.63) is 39.4 Å². The Morgan fingerprint density at radius 1 is 1.48 bits per heavy atom. The molecule has 1 aliphatic rings. The molecule has 1 aromatic carbocycles. The zero-order chi connectivity index (χ0) is 15.6. The monoisotopic (exact) mass is 292 g/mol. The quantitative estimate of drug-likeness (QED) is 0.684. The van der Waals surface area contributed by atoms with Crippen LogP contribution in [0.1, 0.15) is 42.1 Å². The molecule has 1 aromatic rings. The Labute approximate surface area is 123 Å². The van der Waals surface area contributed by atoms with Crippen LogP contribution >= 0.6 is 0 Å². The Morgan fingerprint density at radius 3 is 2.81 bits per heavy atom. The van der Waals surface area contributed by atoms with E-state index in [4.69, 9.17) is 0 Å². The first kappa shape index (κ1) is 15.4. The molecule has 21 heavy (non-hydrogen) atoms. The zero-order valence-corrected chi connectivity index (χ0v) is 12.3. The summed E-state index contributed by atoms with van der Waals surface area (Å²) in [5.74, 6) is -0.234. The number of hydrogen-bond donors (Lipinski definition) is 1. The summed E-state index contributed by atoms with van der Waals surface area (Å²) in [6, 6.07) is 4.32. The minimum absolute atomic E-state index is 0.0496. The number of nitro groups is 1. The van der Waals surface area contributed by atoms with Gasteiger partial charge in [-0.1, -0.05) is 6.07 Å². The minimum Gasteiger partial charge on any atom is -0.391 e. The Morgan fingerprint density at radius 2 is 2.19 bits per heavy atom. The van der Waals surface area contributed by atoms with E-state index in [0.29, 0.717) is 17.7 Å². The average molecular weight is 292 g/mol. The Bertz CT molecular complexity index is 557. The smallest absolute Gasteiger partial charge is 0.273 e. The largest absolute Gasteiger partial charge is 0.391 e. The van der Waals surface area contributed by atoms with Gasteiger partial charge in [0.05, 0.1) is 17.1 Å². The van der Waals surface area contributed by atoms with E-state index in [9.17, 15) is 20.0 Å². The molecule has 0 bridgehead atoms. The van der Waals surface area contributed by atoms with Crippen LogP contribution in [0.3, 0.4) is 0 Å². The van der Waals surface area contributed by atoms with Crippen molar-refractivity contribution in [2.45, 2.75) is 45.3 Å². The zero-order valence-electron chi connectivity index (χ0n) is 12.3. The fraction of sp³-hybridized carbons (Fsp3) is 0.533. The Balaban J connectivity index is 2.35. The number of aliphatic hydroxyl groups excluding tert-OH is 1. The van der Waals surface area contributed by atoms with Crippen molar-refractivity contribution in [3.8, 4) is 0 Å². The molecule has 1 amide bonds. The molecule has 2 atom stereocenters. The van der Waals surface area contributed by atoms with Crippen LogP contribution in [-0.2, 0) is 0 Å². The molecule has 1 N–H and O–H groups in total. The molecular weight excluding hydrogens is 272 g/mol. The molecule has 6 heteroatoms. The highest BCUT2D eigenvalue weighted by molar-refractivity contribution is 5.96. The van der Waals surface area contributed by atoms with Crippen LogP contribution in [0.4, 0.5) is 5.69 Å². The van der Waals surface area contributed by atoms with Gasteiger partial charge in [0.15, 0.2) is 0 Å². The predicted molar refractivity (Wildman–Crippen MR) is 78.2 cm³/mol. The fourth-order valence-corrected chi connectivity index (χ4v) is 2.92. The second kappa shape index (κ2) is 6.22. The van der Waals surface area contributed by atoms with E-state index in [-0.39, 0.29) is 17.6 Å². The summed E-state index contributed by atoms with van der Waals surface area (Å²) in [5, 5.41) is 20.8. The first-order valence-electron chi connectivity index (χ1n) is 7.16. The average Bonchev–Trinajstić information content (AvgIpc) is 2.46. The second-order valence-electron chi connectivity index (χ2n) is 5.51. The maximum Gasteiger partial charge on any atom is 0.273 e. The van der Waals surface area contributed by atoms with Gasteiger partial charge in [0, 0.05) is 23.7 Å². The van der Waals surface area contributed by atoms with Gasteiger partial charge in [-0.3, -0.25) is 14.9 Å². The first-order valence-corrected chi connectivity index (χ1v) is 7.16. The van der Waals surface area contributed by atoms with E-state index >= 15 is 0 Å². The number of amides is 1. The summed E-state index contributed by atoms with van der Waals surface area (Å²) in [6.45, 7) is 3.85. The fourth-order valence-electron chi connectivity index (χ4n) is 2.92. The molecule has 0 aromatic heterocycles. The van der Waals surface area contributed by atoms with E-state index in [1.807, 2.05) is 0 Å². The van der Waals surface area contributed by atoms with E-state index < -0.39 is 11.0 Å². The molecule has 0 saturated carbocycles. The number of carbonyl (C=O) groups is 1. The molecule has 6 nitrogen and oxygen atoms in total. The number of likely N-dealkylation sites (tertiary alicyclic amines) is 1. The van der Waals surface area contributed by atoms with Crippen molar-refractivity contribution in [2.75, 3.05) is 6.54 Å². The van der Waals surface area contributed by atoms with Crippen LogP contribution in [0.15, 0.2) is 18.2 Å². The summed E-state index contributed by atoms with van der Waals surface area (Å²) in [7, 11) is 0. The van der Waals surface area contributed by atoms with Crippen molar-refractivity contribution >= 4 is 11.6 Å². The van der Waals surface area contributed by atoms with Crippen molar-refractivity contribution in [1.29, 1.82) is 0 Å². The summed E-state index contributed by atoms with van der Waals surface area (Å²) in [4.78, 5) is 24.9. The number of piperidine rings is 1. The molecule has 1 fully saturated rings. The van der Waals surface area contributed by atoms with Crippen LogP contribution in [0, 0.1) is 17.0 Å². The lowest BCUT2D eigenvalue weighted by Gasteiger charge is -2.37. The normalized spacial score (nSPS) is 20.1. The minimum atomic E-state index is -0.603. The SMILES string of the molecule is Cc1c(C(=O)N2CCCCC2C(C)O)cccc1[N+](=O)[O-]. The number of nitrogens with zero attached hydrogens (tertiary/aromatic N) is 2. The molecule has 114 valence electrons. The third-order valence-electron chi connectivity index (χ3n) is 4.10. The standard InChI is InChI=1S/C15H20N2O4/c1-10-12(6-5-8-13(10)17(20)21)15(19)16-9-4-3-7-14(16)11(2)18/h5-6,8,11,14,18H,3-4,7,9H2,1-2H3. The number of hydrogen-bond acceptors (Lipinski definition) is 4. The molecule has 0 spiro atoms. The Kier molecular flexibility index (Phi) is 4.57. The van der Waals surface area contributed by atoms with Gasteiger partial charge in [-0.05, 0) is 39.2 Å². The first-order chi connectivity index (χ1) is 9.93. The molecule has 0 aliphatic carbocycles. The lowest BCUT2D eigenvalue weighted by Crippen LogP contribution is -2.49.